The first kappa shape index (κ1) is 17.5. The molecule has 2 aromatic carbocycles. The van der Waals surface area contributed by atoms with E-state index in [0.717, 1.165) is 23.0 Å². The van der Waals surface area contributed by atoms with E-state index in [2.05, 4.69) is 15.3 Å². The number of hydrogen-bond acceptors (Lipinski definition) is 7. The summed E-state index contributed by atoms with van der Waals surface area (Å²) in [5.74, 6) is 3.77. The SMILES string of the molecule is COc1cc2c(Nc3cccc4c3OCO4)ncnc2cc1OCCCCl. The number of nitrogens with zero attached hydrogens (tertiary/aromatic N) is 2. The average molecular weight is 388 g/mol. The van der Waals surface area contributed by atoms with E-state index < -0.39 is 0 Å². The largest absolute Gasteiger partial charge is 0.493 e. The van der Waals surface area contributed by atoms with Crippen molar-refractivity contribution in [2.24, 2.45) is 0 Å². The molecular formula is C19H18ClN3O4. The number of halogens is 1. The number of nitrogens with one attached hydrogen (secondary N) is 1. The third-order valence-corrected chi connectivity index (χ3v) is 4.37. The van der Waals surface area contributed by atoms with Crippen LogP contribution < -0.4 is 24.3 Å². The lowest BCUT2D eigenvalue weighted by atomic mass is 10.2. The molecule has 0 amide bonds. The molecule has 0 saturated carbocycles. The molecule has 0 spiro atoms. The van der Waals surface area contributed by atoms with Crippen LogP contribution in [0.3, 0.4) is 0 Å². The molecule has 1 aliphatic rings. The molecule has 27 heavy (non-hydrogen) atoms. The first-order valence-electron chi connectivity index (χ1n) is 8.47. The highest BCUT2D eigenvalue weighted by atomic mass is 35.5. The van der Waals surface area contributed by atoms with Crippen molar-refractivity contribution in [2.45, 2.75) is 6.42 Å². The lowest BCUT2D eigenvalue weighted by Crippen LogP contribution is -2.02. The topological polar surface area (TPSA) is 74.7 Å². The quantitative estimate of drug-likeness (QED) is 0.482. The average Bonchev–Trinajstić information content (AvgIpc) is 3.18. The molecule has 0 bridgehead atoms. The van der Waals surface area contributed by atoms with Crippen LogP contribution in [0.5, 0.6) is 23.0 Å². The van der Waals surface area contributed by atoms with Crippen LogP contribution in [0.15, 0.2) is 36.7 Å². The van der Waals surface area contributed by atoms with Gasteiger partial charge in [0.1, 0.15) is 12.1 Å². The Morgan fingerprint density at radius 3 is 2.96 bits per heavy atom. The van der Waals surface area contributed by atoms with E-state index in [9.17, 15) is 0 Å². The maximum atomic E-state index is 5.77. The van der Waals surface area contributed by atoms with Gasteiger partial charge in [0.05, 0.1) is 24.9 Å². The van der Waals surface area contributed by atoms with Gasteiger partial charge in [-0.15, -0.1) is 11.6 Å². The maximum absolute atomic E-state index is 5.77. The van der Waals surface area contributed by atoms with Crippen LogP contribution in [0.4, 0.5) is 11.5 Å². The fourth-order valence-electron chi connectivity index (χ4n) is 2.83. The second-order valence-electron chi connectivity index (χ2n) is 5.80. The van der Waals surface area contributed by atoms with Crippen LogP contribution >= 0.6 is 11.6 Å². The zero-order valence-corrected chi connectivity index (χ0v) is 15.5. The van der Waals surface area contributed by atoms with Gasteiger partial charge < -0.3 is 24.3 Å². The Balaban J connectivity index is 1.70. The number of hydrogen-bond donors (Lipinski definition) is 1. The van der Waals surface area contributed by atoms with Crippen molar-refractivity contribution in [3.63, 3.8) is 0 Å². The first-order valence-corrected chi connectivity index (χ1v) is 9.00. The van der Waals surface area contributed by atoms with E-state index in [4.69, 9.17) is 30.5 Å². The molecule has 140 valence electrons. The standard InChI is InChI=1S/C19H18ClN3O4/c1-24-16-8-12-14(9-17(16)25-7-3-6-20)21-10-22-19(12)23-13-4-2-5-15-18(13)27-11-26-15/h2,4-5,8-10H,3,6-7,11H2,1H3,(H,21,22,23). The minimum Gasteiger partial charge on any atom is -0.493 e. The highest BCUT2D eigenvalue weighted by Crippen LogP contribution is 2.41. The van der Waals surface area contributed by atoms with Gasteiger partial charge in [-0.1, -0.05) is 6.07 Å². The monoisotopic (exact) mass is 387 g/mol. The third kappa shape index (κ3) is 3.50. The molecule has 0 unspecified atom stereocenters. The molecular weight excluding hydrogens is 370 g/mol. The molecule has 1 aromatic heterocycles. The highest BCUT2D eigenvalue weighted by Gasteiger charge is 2.19. The molecule has 2 heterocycles. The summed E-state index contributed by atoms with van der Waals surface area (Å²) < 4.78 is 22.2. The Kier molecular flexibility index (Phi) is 5.02. The summed E-state index contributed by atoms with van der Waals surface area (Å²) in [6, 6.07) is 9.35. The predicted octanol–water partition coefficient (Wildman–Crippen LogP) is 4.12. The molecule has 3 aromatic rings. The molecule has 0 aliphatic carbocycles. The number of methoxy groups -OCH3 is 1. The summed E-state index contributed by atoms with van der Waals surface area (Å²) in [7, 11) is 1.60. The highest BCUT2D eigenvalue weighted by molar-refractivity contribution is 6.17. The molecule has 1 aliphatic heterocycles. The lowest BCUT2D eigenvalue weighted by molar-refractivity contribution is 0.174. The molecule has 0 radical (unpaired) electrons. The van der Waals surface area contributed by atoms with Gasteiger partial charge in [-0.25, -0.2) is 9.97 Å². The molecule has 1 N–H and O–H groups in total. The number of rotatable bonds is 7. The fraction of sp³-hybridized carbons (Fsp3) is 0.263. The Morgan fingerprint density at radius 2 is 2.11 bits per heavy atom. The third-order valence-electron chi connectivity index (χ3n) is 4.11. The van der Waals surface area contributed by atoms with Gasteiger partial charge in [-0.05, 0) is 24.6 Å². The van der Waals surface area contributed by atoms with Gasteiger partial charge in [-0.3, -0.25) is 0 Å². The fourth-order valence-corrected chi connectivity index (χ4v) is 2.94. The summed E-state index contributed by atoms with van der Waals surface area (Å²) in [6.45, 7) is 0.713. The Hall–Kier alpha value is -2.93. The Morgan fingerprint density at radius 1 is 1.19 bits per heavy atom. The second-order valence-corrected chi connectivity index (χ2v) is 6.18. The van der Waals surface area contributed by atoms with Gasteiger partial charge in [0.25, 0.3) is 0 Å². The minimum atomic E-state index is 0.204. The number of fused-ring (bicyclic) bond motifs is 2. The number of alkyl halides is 1. The minimum absolute atomic E-state index is 0.204. The van der Waals surface area contributed by atoms with E-state index >= 15 is 0 Å². The summed E-state index contributed by atoms with van der Waals surface area (Å²) in [4.78, 5) is 8.73. The number of benzene rings is 2. The number of aromatic nitrogens is 2. The van der Waals surface area contributed by atoms with Crippen LogP contribution in [0, 0.1) is 0 Å². The number of anilines is 2. The van der Waals surface area contributed by atoms with Gasteiger partial charge in [0.2, 0.25) is 6.79 Å². The van der Waals surface area contributed by atoms with Crippen LogP contribution in [-0.4, -0.2) is 36.4 Å². The summed E-state index contributed by atoms with van der Waals surface area (Å²) >= 11 is 5.72. The van der Waals surface area contributed by atoms with Crippen LogP contribution in [0.25, 0.3) is 10.9 Å². The van der Waals surface area contributed by atoms with Crippen molar-refractivity contribution >= 4 is 34.0 Å². The van der Waals surface area contributed by atoms with Crippen LogP contribution in [0.1, 0.15) is 6.42 Å². The van der Waals surface area contributed by atoms with Crippen molar-refractivity contribution in [1.82, 2.24) is 9.97 Å². The van der Waals surface area contributed by atoms with E-state index in [1.54, 1.807) is 7.11 Å². The number of ether oxygens (including phenoxy) is 4. The van der Waals surface area contributed by atoms with Crippen LogP contribution in [-0.2, 0) is 0 Å². The zero-order valence-electron chi connectivity index (χ0n) is 14.7. The van der Waals surface area contributed by atoms with E-state index in [0.29, 0.717) is 41.3 Å². The van der Waals surface area contributed by atoms with Crippen molar-refractivity contribution in [1.29, 1.82) is 0 Å². The van der Waals surface area contributed by atoms with Gasteiger partial charge in [-0.2, -0.15) is 0 Å². The first-order chi connectivity index (χ1) is 13.3. The molecule has 0 saturated heterocycles. The lowest BCUT2D eigenvalue weighted by Gasteiger charge is -2.14. The van der Waals surface area contributed by atoms with Gasteiger partial charge in [0.15, 0.2) is 23.0 Å². The van der Waals surface area contributed by atoms with Crippen molar-refractivity contribution in [2.75, 3.05) is 31.7 Å². The van der Waals surface area contributed by atoms with E-state index in [1.165, 1.54) is 6.33 Å². The molecule has 8 heteroatoms. The molecule has 7 nitrogen and oxygen atoms in total. The van der Waals surface area contributed by atoms with Crippen LogP contribution in [0.2, 0.25) is 0 Å². The Bertz CT molecular complexity index is 967. The normalized spacial score (nSPS) is 12.2. The van der Waals surface area contributed by atoms with Gasteiger partial charge in [0, 0.05) is 17.3 Å². The van der Waals surface area contributed by atoms with Crippen molar-refractivity contribution < 1.29 is 18.9 Å². The van der Waals surface area contributed by atoms with Crippen molar-refractivity contribution in [3.8, 4) is 23.0 Å². The molecule has 0 fully saturated rings. The van der Waals surface area contributed by atoms with Gasteiger partial charge >= 0.3 is 0 Å². The molecule has 4 rings (SSSR count). The Labute approximate surface area is 161 Å². The number of para-hydroxylation sites is 1. The smallest absolute Gasteiger partial charge is 0.231 e. The van der Waals surface area contributed by atoms with E-state index in [1.807, 2.05) is 30.3 Å². The second kappa shape index (κ2) is 7.75. The molecule has 0 atom stereocenters. The maximum Gasteiger partial charge on any atom is 0.231 e. The summed E-state index contributed by atoms with van der Waals surface area (Å²) in [5, 5.41) is 4.10. The van der Waals surface area contributed by atoms with E-state index in [-0.39, 0.29) is 6.79 Å². The predicted molar refractivity (Wildman–Crippen MR) is 103 cm³/mol. The van der Waals surface area contributed by atoms with Crippen molar-refractivity contribution in [3.05, 3.63) is 36.7 Å². The summed E-state index contributed by atoms with van der Waals surface area (Å²) in [6.07, 6.45) is 2.25. The summed E-state index contributed by atoms with van der Waals surface area (Å²) in [5.41, 5.74) is 1.50. The zero-order chi connectivity index (χ0) is 18.6.